The molecule has 1 aromatic carbocycles. The zero-order valence-corrected chi connectivity index (χ0v) is 13.5. The summed E-state index contributed by atoms with van der Waals surface area (Å²) in [6, 6.07) is 4.46. The van der Waals surface area contributed by atoms with Crippen LogP contribution in [0.25, 0.3) is 0 Å². The summed E-state index contributed by atoms with van der Waals surface area (Å²) < 4.78 is 26.2. The molecule has 122 valence electrons. The number of nitrogens with one attached hydrogen (secondary N) is 1. The number of carbonyl (C=O) groups excluding carboxylic acids is 1. The molecule has 1 aromatic heterocycles. The summed E-state index contributed by atoms with van der Waals surface area (Å²) in [6.45, 7) is 3.60. The van der Waals surface area contributed by atoms with Gasteiger partial charge in [0.1, 0.15) is 0 Å². The fourth-order valence-electron chi connectivity index (χ4n) is 2.03. The Balaban J connectivity index is 2.17. The highest BCUT2D eigenvalue weighted by Gasteiger charge is 2.19. The number of ketones is 1. The predicted octanol–water partition coefficient (Wildman–Crippen LogP) is 3.36. The lowest BCUT2D eigenvalue weighted by molar-refractivity contribution is 0.0993. The average molecular weight is 338 g/mol. The van der Waals surface area contributed by atoms with Crippen LogP contribution in [-0.2, 0) is 6.42 Å². The maximum atomic E-state index is 13.2. The molecule has 1 N–H and O–H groups in total. The molecule has 0 saturated heterocycles. The number of carbonyl (C=O) groups is 1. The first kappa shape index (κ1) is 17.3. The van der Waals surface area contributed by atoms with Gasteiger partial charge in [0.05, 0.1) is 5.25 Å². The Labute approximate surface area is 136 Å². The van der Waals surface area contributed by atoms with E-state index in [4.69, 9.17) is 0 Å². The molecule has 1 atom stereocenters. The van der Waals surface area contributed by atoms with Crippen LogP contribution in [0.5, 0.6) is 0 Å². The first-order valence-corrected chi connectivity index (χ1v) is 8.04. The molecule has 0 aliphatic rings. The second-order valence-corrected chi connectivity index (χ2v) is 6.37. The lowest BCUT2D eigenvalue weighted by Gasteiger charge is -2.10. The van der Waals surface area contributed by atoms with E-state index in [0.29, 0.717) is 17.3 Å². The van der Waals surface area contributed by atoms with Gasteiger partial charge in [-0.1, -0.05) is 25.1 Å². The third kappa shape index (κ3) is 4.48. The van der Waals surface area contributed by atoms with Gasteiger partial charge >= 0.3 is 0 Å². The van der Waals surface area contributed by atoms with Gasteiger partial charge in [0, 0.05) is 17.3 Å². The summed E-state index contributed by atoms with van der Waals surface area (Å²) in [6.07, 6.45) is 1.52. The van der Waals surface area contributed by atoms with Crippen molar-refractivity contribution in [1.82, 2.24) is 9.97 Å². The molecule has 4 nitrogen and oxygen atoms in total. The van der Waals surface area contributed by atoms with Crippen molar-refractivity contribution in [2.75, 3.05) is 0 Å². The first-order valence-electron chi connectivity index (χ1n) is 7.17. The van der Waals surface area contributed by atoms with Crippen molar-refractivity contribution in [2.24, 2.45) is 0 Å². The third-order valence-electron chi connectivity index (χ3n) is 3.14. The Kier molecular flexibility index (Phi) is 5.65. The third-order valence-corrected chi connectivity index (χ3v) is 4.13. The van der Waals surface area contributed by atoms with Gasteiger partial charge in [0.25, 0.3) is 5.56 Å². The second kappa shape index (κ2) is 7.50. The Morgan fingerprint density at radius 3 is 2.70 bits per heavy atom. The van der Waals surface area contributed by atoms with Crippen molar-refractivity contribution in [3.63, 3.8) is 0 Å². The minimum absolute atomic E-state index is 0.0796. The lowest BCUT2D eigenvalue weighted by atomic mass is 10.1. The highest BCUT2D eigenvalue weighted by molar-refractivity contribution is 8.00. The van der Waals surface area contributed by atoms with Gasteiger partial charge in [0.15, 0.2) is 22.6 Å². The van der Waals surface area contributed by atoms with Crippen molar-refractivity contribution in [1.29, 1.82) is 0 Å². The molecule has 0 spiro atoms. The molecule has 2 aromatic rings. The van der Waals surface area contributed by atoms with Gasteiger partial charge in [-0.15, -0.1) is 0 Å². The zero-order valence-electron chi connectivity index (χ0n) is 12.7. The van der Waals surface area contributed by atoms with Crippen molar-refractivity contribution in [2.45, 2.75) is 37.1 Å². The quantitative estimate of drug-likeness (QED) is 0.498. The number of Topliss-reactive ketones (excluding diaryl/α,β-unsaturated/α-hetero) is 1. The Bertz CT molecular complexity index is 777. The molecule has 7 heteroatoms. The van der Waals surface area contributed by atoms with E-state index in [1.54, 1.807) is 6.92 Å². The summed E-state index contributed by atoms with van der Waals surface area (Å²) in [5, 5.41) is -0.260. The van der Waals surface area contributed by atoms with Crippen molar-refractivity contribution >= 4 is 17.5 Å². The number of halogens is 2. The van der Waals surface area contributed by atoms with Gasteiger partial charge in [-0.2, -0.15) is 0 Å². The molecular formula is C16H16F2N2O2S. The summed E-state index contributed by atoms with van der Waals surface area (Å²) in [5.74, 6) is -2.43. The molecule has 0 radical (unpaired) electrons. The number of benzene rings is 1. The fraction of sp³-hybridized carbons (Fsp3) is 0.312. The highest BCUT2D eigenvalue weighted by atomic mass is 32.2. The van der Waals surface area contributed by atoms with Crippen LogP contribution in [0.15, 0.2) is 34.2 Å². The number of hydrogen-bond acceptors (Lipinski definition) is 4. The Morgan fingerprint density at radius 2 is 2.04 bits per heavy atom. The normalized spacial score (nSPS) is 12.2. The van der Waals surface area contributed by atoms with E-state index in [9.17, 15) is 18.4 Å². The number of aromatic nitrogens is 2. The molecule has 2 rings (SSSR count). The topological polar surface area (TPSA) is 62.8 Å². The molecule has 0 aliphatic carbocycles. The number of aryl methyl sites for hydroxylation is 1. The molecule has 23 heavy (non-hydrogen) atoms. The monoisotopic (exact) mass is 338 g/mol. The number of H-pyrrole nitrogens is 1. The van der Waals surface area contributed by atoms with Crippen LogP contribution in [-0.4, -0.2) is 21.0 Å². The average Bonchev–Trinajstić information content (AvgIpc) is 2.49. The van der Waals surface area contributed by atoms with Crippen molar-refractivity contribution < 1.29 is 13.6 Å². The largest absolute Gasteiger partial charge is 0.301 e. The Morgan fingerprint density at radius 1 is 1.30 bits per heavy atom. The van der Waals surface area contributed by atoms with E-state index in [0.717, 1.165) is 30.3 Å². The van der Waals surface area contributed by atoms with Crippen LogP contribution in [0.4, 0.5) is 8.78 Å². The summed E-state index contributed by atoms with van der Waals surface area (Å²) in [5.41, 5.74) is 0.459. The van der Waals surface area contributed by atoms with Crippen LogP contribution in [0.3, 0.4) is 0 Å². The van der Waals surface area contributed by atoms with E-state index in [1.807, 2.05) is 6.92 Å². The molecule has 1 heterocycles. The highest BCUT2D eigenvalue weighted by Crippen LogP contribution is 2.23. The van der Waals surface area contributed by atoms with Crippen LogP contribution in [0.1, 0.15) is 36.3 Å². The van der Waals surface area contributed by atoms with Crippen LogP contribution in [0.2, 0.25) is 0 Å². The minimum Gasteiger partial charge on any atom is -0.301 e. The molecule has 0 fully saturated rings. The van der Waals surface area contributed by atoms with Gasteiger partial charge < -0.3 is 4.98 Å². The van der Waals surface area contributed by atoms with Crippen molar-refractivity contribution in [3.05, 3.63) is 57.5 Å². The van der Waals surface area contributed by atoms with E-state index >= 15 is 0 Å². The minimum atomic E-state index is -1.07. The smallest absolute Gasteiger partial charge is 0.251 e. The number of thioether (sulfide) groups is 1. The standard InChI is InChI=1S/C16H16F2N2O2S/c1-3-4-11-8-14(21)20-16(19-11)23-9(2)15(22)10-5-6-12(17)13(18)7-10/h5-9H,3-4H2,1-2H3,(H,19,20,21)/t9-/m0/s1. The molecule has 0 aliphatic heterocycles. The fourth-order valence-corrected chi connectivity index (χ4v) is 2.94. The van der Waals surface area contributed by atoms with Gasteiger partial charge in [-0.05, 0) is 31.5 Å². The maximum absolute atomic E-state index is 13.2. The lowest BCUT2D eigenvalue weighted by Crippen LogP contribution is -2.17. The van der Waals surface area contributed by atoms with E-state index in [2.05, 4.69) is 9.97 Å². The maximum Gasteiger partial charge on any atom is 0.251 e. The number of hydrogen-bond donors (Lipinski definition) is 1. The number of aromatic amines is 1. The molecular weight excluding hydrogens is 322 g/mol. The predicted molar refractivity (Wildman–Crippen MR) is 84.9 cm³/mol. The Hall–Kier alpha value is -2.02. The SMILES string of the molecule is CCCc1cc(=O)[nH]c(S[C@@H](C)C(=O)c2ccc(F)c(F)c2)n1. The molecule has 0 bridgehead atoms. The van der Waals surface area contributed by atoms with Gasteiger partial charge in [-0.25, -0.2) is 13.8 Å². The zero-order chi connectivity index (χ0) is 17.0. The molecule has 0 unspecified atom stereocenters. The van der Waals surface area contributed by atoms with Gasteiger partial charge in [-0.3, -0.25) is 9.59 Å². The van der Waals surface area contributed by atoms with Crippen LogP contribution < -0.4 is 5.56 Å². The summed E-state index contributed by atoms with van der Waals surface area (Å²) >= 11 is 1.08. The first-order chi connectivity index (χ1) is 10.9. The number of nitrogens with zero attached hydrogens (tertiary/aromatic N) is 1. The van der Waals surface area contributed by atoms with Gasteiger partial charge in [0.2, 0.25) is 0 Å². The van der Waals surface area contributed by atoms with E-state index < -0.39 is 16.9 Å². The van der Waals surface area contributed by atoms with Crippen LogP contribution >= 0.6 is 11.8 Å². The molecule has 0 saturated carbocycles. The van der Waals surface area contributed by atoms with E-state index in [1.165, 1.54) is 12.1 Å². The van der Waals surface area contributed by atoms with E-state index in [-0.39, 0.29) is 16.9 Å². The second-order valence-electron chi connectivity index (χ2n) is 5.05. The summed E-state index contributed by atoms with van der Waals surface area (Å²) in [4.78, 5) is 30.7. The molecule has 0 amide bonds. The van der Waals surface area contributed by atoms with Crippen molar-refractivity contribution in [3.8, 4) is 0 Å². The summed E-state index contributed by atoms with van der Waals surface area (Å²) in [7, 11) is 0. The van der Waals surface area contributed by atoms with Crippen LogP contribution in [0, 0.1) is 11.6 Å². The number of rotatable bonds is 6.